The Labute approximate surface area is 168 Å². The van der Waals surface area contributed by atoms with Gasteiger partial charge in [0, 0.05) is 39.3 Å². The molecule has 152 valence electrons. The summed E-state index contributed by atoms with van der Waals surface area (Å²) in [5.41, 5.74) is 5.72. The number of hydrogen-bond donors (Lipinski definition) is 1. The summed E-state index contributed by atoms with van der Waals surface area (Å²) in [7, 11) is 0. The number of morpholine rings is 1. The van der Waals surface area contributed by atoms with Crippen LogP contribution in [-0.2, 0) is 14.3 Å². The van der Waals surface area contributed by atoms with E-state index < -0.39 is 5.54 Å². The second-order valence-electron chi connectivity index (χ2n) is 7.28. The Balaban J connectivity index is 0.00000169. The summed E-state index contributed by atoms with van der Waals surface area (Å²) in [6.07, 6.45) is 4.90. The second kappa shape index (κ2) is 10.7. The maximum Gasteiger partial charge on any atom is 0.242 e. The van der Waals surface area contributed by atoms with Crippen LogP contribution >= 0.6 is 24.8 Å². The molecule has 1 saturated carbocycles. The zero-order chi connectivity index (χ0) is 17.0. The number of nitrogens with zero attached hydrogens (tertiary/aromatic N) is 3. The third-order valence-electron chi connectivity index (χ3n) is 5.55. The van der Waals surface area contributed by atoms with Crippen LogP contribution in [0.5, 0.6) is 0 Å². The van der Waals surface area contributed by atoms with Crippen molar-refractivity contribution in [3.63, 3.8) is 0 Å². The van der Waals surface area contributed by atoms with Gasteiger partial charge >= 0.3 is 0 Å². The Morgan fingerprint density at radius 2 is 1.42 bits per heavy atom. The van der Waals surface area contributed by atoms with E-state index in [1.165, 1.54) is 6.42 Å². The largest absolute Gasteiger partial charge is 0.378 e. The topological polar surface area (TPSA) is 79.1 Å². The van der Waals surface area contributed by atoms with Gasteiger partial charge < -0.3 is 20.3 Å². The highest BCUT2D eigenvalue weighted by atomic mass is 35.5. The Hall–Kier alpha value is -0.600. The predicted octanol–water partition coefficient (Wildman–Crippen LogP) is 0.495. The van der Waals surface area contributed by atoms with Crippen molar-refractivity contribution < 1.29 is 14.3 Å². The SMILES string of the molecule is Cl.Cl.NC1(C(=O)N2CCN(CC(=O)N3CCOCC3)CC2)CCCCC1. The Morgan fingerprint density at radius 3 is 2.00 bits per heavy atom. The minimum atomic E-state index is -0.649. The molecule has 0 bridgehead atoms. The lowest BCUT2D eigenvalue weighted by Gasteiger charge is -2.41. The molecule has 2 heterocycles. The van der Waals surface area contributed by atoms with E-state index in [4.69, 9.17) is 10.5 Å². The van der Waals surface area contributed by atoms with Crippen molar-refractivity contribution in [1.29, 1.82) is 0 Å². The Kier molecular flexibility index (Phi) is 9.61. The first-order valence-electron chi connectivity index (χ1n) is 9.25. The smallest absolute Gasteiger partial charge is 0.242 e. The van der Waals surface area contributed by atoms with Crippen LogP contribution in [0, 0.1) is 0 Å². The molecule has 2 amide bonds. The molecule has 0 spiro atoms. The molecule has 7 nitrogen and oxygen atoms in total. The number of ether oxygens (including phenoxy) is 1. The molecule has 3 aliphatic rings. The summed E-state index contributed by atoms with van der Waals surface area (Å²) in [6.45, 7) is 5.92. The zero-order valence-corrected chi connectivity index (χ0v) is 17.0. The first kappa shape index (κ1) is 23.4. The van der Waals surface area contributed by atoms with E-state index in [-0.39, 0.29) is 36.6 Å². The standard InChI is InChI=1S/C17H30N4O3.2ClH/c18-17(4-2-1-3-5-17)16(23)21-8-6-19(7-9-21)14-15(22)20-10-12-24-13-11-20;;/h1-14,18H2;2*1H. The van der Waals surface area contributed by atoms with Gasteiger partial charge in [-0.2, -0.15) is 0 Å². The summed E-state index contributed by atoms with van der Waals surface area (Å²) in [5.74, 6) is 0.280. The van der Waals surface area contributed by atoms with E-state index in [1.807, 2.05) is 9.80 Å². The van der Waals surface area contributed by atoms with E-state index in [0.29, 0.717) is 45.9 Å². The molecule has 2 N–H and O–H groups in total. The Morgan fingerprint density at radius 1 is 0.846 bits per heavy atom. The summed E-state index contributed by atoms with van der Waals surface area (Å²) in [6, 6.07) is 0. The molecule has 2 aliphatic heterocycles. The number of amides is 2. The molecule has 2 saturated heterocycles. The van der Waals surface area contributed by atoms with Crippen LogP contribution in [0.15, 0.2) is 0 Å². The second-order valence-corrected chi connectivity index (χ2v) is 7.28. The molecule has 1 aliphatic carbocycles. The third-order valence-corrected chi connectivity index (χ3v) is 5.55. The van der Waals surface area contributed by atoms with Crippen molar-refractivity contribution in [2.75, 3.05) is 59.0 Å². The van der Waals surface area contributed by atoms with Crippen LogP contribution in [0.25, 0.3) is 0 Å². The van der Waals surface area contributed by atoms with Gasteiger partial charge in [0.25, 0.3) is 0 Å². The first-order valence-corrected chi connectivity index (χ1v) is 9.25. The number of piperazine rings is 1. The van der Waals surface area contributed by atoms with Crippen LogP contribution in [0.1, 0.15) is 32.1 Å². The maximum atomic E-state index is 12.7. The molecule has 26 heavy (non-hydrogen) atoms. The van der Waals surface area contributed by atoms with Crippen LogP contribution in [0.4, 0.5) is 0 Å². The quantitative estimate of drug-likeness (QED) is 0.732. The van der Waals surface area contributed by atoms with Gasteiger partial charge in [0.15, 0.2) is 0 Å². The first-order chi connectivity index (χ1) is 11.6. The molecule has 0 atom stereocenters. The molecule has 9 heteroatoms. The van der Waals surface area contributed by atoms with Gasteiger partial charge in [-0.05, 0) is 12.8 Å². The van der Waals surface area contributed by atoms with E-state index in [1.54, 1.807) is 0 Å². The van der Waals surface area contributed by atoms with Crippen molar-refractivity contribution in [2.45, 2.75) is 37.6 Å². The van der Waals surface area contributed by atoms with Gasteiger partial charge in [-0.15, -0.1) is 24.8 Å². The lowest BCUT2D eigenvalue weighted by molar-refractivity contribution is -0.141. The van der Waals surface area contributed by atoms with E-state index in [0.717, 1.165) is 38.8 Å². The van der Waals surface area contributed by atoms with Gasteiger partial charge in [-0.25, -0.2) is 0 Å². The molecular weight excluding hydrogens is 379 g/mol. The minimum Gasteiger partial charge on any atom is -0.378 e. The molecule has 0 aromatic carbocycles. The highest BCUT2D eigenvalue weighted by molar-refractivity contribution is 5.86. The molecule has 0 aromatic heterocycles. The fourth-order valence-corrected chi connectivity index (χ4v) is 3.92. The van der Waals surface area contributed by atoms with E-state index in [9.17, 15) is 9.59 Å². The number of rotatable bonds is 3. The molecule has 0 radical (unpaired) electrons. The molecule has 0 unspecified atom stereocenters. The lowest BCUT2D eigenvalue weighted by atomic mass is 9.81. The summed E-state index contributed by atoms with van der Waals surface area (Å²) >= 11 is 0. The van der Waals surface area contributed by atoms with Crippen LogP contribution in [0.2, 0.25) is 0 Å². The predicted molar refractivity (Wildman–Crippen MR) is 105 cm³/mol. The summed E-state index contributed by atoms with van der Waals surface area (Å²) in [5, 5.41) is 0. The summed E-state index contributed by atoms with van der Waals surface area (Å²) in [4.78, 5) is 31.0. The third kappa shape index (κ3) is 5.70. The normalized spacial score (nSPS) is 23.6. The van der Waals surface area contributed by atoms with E-state index >= 15 is 0 Å². The molecular formula is C17H32Cl2N4O3. The number of carbonyl (C=O) groups excluding carboxylic acids is 2. The van der Waals surface area contributed by atoms with Gasteiger partial charge in [0.2, 0.25) is 11.8 Å². The average Bonchev–Trinajstić information content (AvgIpc) is 2.63. The highest BCUT2D eigenvalue weighted by Crippen LogP contribution is 2.28. The van der Waals surface area contributed by atoms with Crippen molar-refractivity contribution >= 4 is 36.6 Å². The van der Waals surface area contributed by atoms with Crippen LogP contribution in [0.3, 0.4) is 0 Å². The molecule has 0 aromatic rings. The number of halogens is 2. The zero-order valence-electron chi connectivity index (χ0n) is 15.4. The fraction of sp³-hybridized carbons (Fsp3) is 0.882. The Bertz CT molecular complexity index is 461. The van der Waals surface area contributed by atoms with Crippen molar-refractivity contribution in [3.05, 3.63) is 0 Å². The molecule has 3 fully saturated rings. The average molecular weight is 411 g/mol. The van der Waals surface area contributed by atoms with Gasteiger partial charge in [0.05, 0.1) is 25.3 Å². The number of nitrogens with two attached hydrogens (primary N) is 1. The monoisotopic (exact) mass is 410 g/mol. The van der Waals surface area contributed by atoms with Crippen LogP contribution in [-0.4, -0.2) is 91.1 Å². The van der Waals surface area contributed by atoms with Crippen molar-refractivity contribution in [3.8, 4) is 0 Å². The highest BCUT2D eigenvalue weighted by Gasteiger charge is 2.39. The van der Waals surface area contributed by atoms with Gasteiger partial charge in [-0.1, -0.05) is 19.3 Å². The van der Waals surface area contributed by atoms with Gasteiger partial charge in [-0.3, -0.25) is 14.5 Å². The molecule has 3 rings (SSSR count). The maximum absolute atomic E-state index is 12.7. The lowest BCUT2D eigenvalue weighted by Crippen LogP contribution is -2.60. The van der Waals surface area contributed by atoms with Crippen LogP contribution < -0.4 is 5.73 Å². The van der Waals surface area contributed by atoms with Gasteiger partial charge in [0.1, 0.15) is 0 Å². The fourth-order valence-electron chi connectivity index (χ4n) is 3.92. The number of carbonyl (C=O) groups is 2. The van der Waals surface area contributed by atoms with E-state index in [2.05, 4.69) is 4.90 Å². The van der Waals surface area contributed by atoms with Crippen molar-refractivity contribution in [2.24, 2.45) is 5.73 Å². The minimum absolute atomic E-state index is 0. The number of hydrogen-bond acceptors (Lipinski definition) is 5. The summed E-state index contributed by atoms with van der Waals surface area (Å²) < 4.78 is 5.28. The van der Waals surface area contributed by atoms with Crippen molar-refractivity contribution in [1.82, 2.24) is 14.7 Å².